The molecule has 10 heteroatoms. The molecular weight excluding hydrogens is 348 g/mol. The number of amidine groups is 1. The summed E-state index contributed by atoms with van der Waals surface area (Å²) in [5.74, 6) is 0.602. The largest absolute Gasteiger partial charge is 0.495 e. The first-order valence-corrected chi connectivity index (χ1v) is 8.56. The molecule has 27 heavy (non-hydrogen) atoms. The smallest absolute Gasteiger partial charge is 0.332 e. The monoisotopic (exact) mass is 368 g/mol. The number of ether oxygens (including phenoxy) is 1. The van der Waals surface area contributed by atoms with Gasteiger partial charge in [-0.05, 0) is 25.1 Å². The maximum Gasteiger partial charge on any atom is 0.332 e. The number of imidazole rings is 1. The predicted octanol–water partition coefficient (Wildman–Crippen LogP) is 0.175. The molecule has 1 fully saturated rings. The molecule has 4 rings (SSSR count). The third-order valence-electron chi connectivity index (χ3n) is 4.51. The summed E-state index contributed by atoms with van der Waals surface area (Å²) in [5, 5.41) is 14.4. The number of hydrogen-bond donors (Lipinski definition) is 5. The van der Waals surface area contributed by atoms with Crippen molar-refractivity contribution in [3.8, 4) is 11.4 Å². The second kappa shape index (κ2) is 6.72. The fourth-order valence-corrected chi connectivity index (χ4v) is 3.24. The minimum atomic E-state index is -0.411. The number of nitrogens with two attached hydrogens (primary N) is 1. The number of para-hydroxylation sites is 2. The maximum absolute atomic E-state index is 12.7. The Morgan fingerprint density at radius 2 is 2.22 bits per heavy atom. The fourth-order valence-electron chi connectivity index (χ4n) is 3.24. The van der Waals surface area contributed by atoms with Crippen molar-refractivity contribution < 1.29 is 4.74 Å². The molecule has 0 unspecified atom stereocenters. The van der Waals surface area contributed by atoms with Gasteiger partial charge in [-0.25, -0.2) is 14.3 Å². The summed E-state index contributed by atoms with van der Waals surface area (Å²) in [6, 6.07) is 7.32. The molecule has 0 bridgehead atoms. The van der Waals surface area contributed by atoms with Crippen molar-refractivity contribution in [1.29, 1.82) is 5.41 Å². The lowest BCUT2D eigenvalue weighted by molar-refractivity contribution is 0.413. The van der Waals surface area contributed by atoms with Crippen LogP contribution in [0.25, 0.3) is 16.9 Å². The maximum atomic E-state index is 12.7. The van der Waals surface area contributed by atoms with Crippen molar-refractivity contribution in [3.05, 3.63) is 40.4 Å². The van der Waals surface area contributed by atoms with Crippen LogP contribution in [0.15, 0.2) is 29.1 Å². The zero-order valence-corrected chi connectivity index (χ0v) is 14.7. The molecule has 0 saturated carbocycles. The van der Waals surface area contributed by atoms with Crippen LogP contribution in [0.3, 0.4) is 0 Å². The number of hydrogen-bond acceptors (Lipinski definition) is 7. The Morgan fingerprint density at radius 1 is 1.41 bits per heavy atom. The van der Waals surface area contributed by atoms with E-state index in [0.717, 1.165) is 19.5 Å². The molecule has 10 nitrogen and oxygen atoms in total. The first-order chi connectivity index (χ1) is 13.1. The van der Waals surface area contributed by atoms with Gasteiger partial charge in [0.1, 0.15) is 22.8 Å². The zero-order chi connectivity index (χ0) is 19.0. The number of rotatable bonds is 5. The number of H-pyrrole nitrogens is 1. The minimum Gasteiger partial charge on any atom is -0.495 e. The van der Waals surface area contributed by atoms with Crippen LogP contribution in [-0.2, 0) is 0 Å². The lowest BCUT2D eigenvalue weighted by Gasteiger charge is -2.13. The third kappa shape index (κ3) is 2.99. The molecule has 0 radical (unpaired) electrons. The van der Waals surface area contributed by atoms with Gasteiger partial charge in [-0.15, -0.1) is 0 Å². The minimum absolute atomic E-state index is 0.174. The van der Waals surface area contributed by atoms with E-state index in [1.807, 2.05) is 6.07 Å². The molecule has 1 aromatic carbocycles. The van der Waals surface area contributed by atoms with Crippen LogP contribution in [-0.4, -0.2) is 51.6 Å². The molecule has 0 amide bonds. The zero-order valence-electron chi connectivity index (χ0n) is 14.7. The fraction of sp³-hybridized carbons (Fsp3) is 0.294. The number of nitrogen functional groups attached to an aromatic ring is 1. The number of methoxy groups -OCH3 is 1. The highest BCUT2D eigenvalue weighted by Gasteiger charge is 2.22. The van der Waals surface area contributed by atoms with E-state index >= 15 is 0 Å². The summed E-state index contributed by atoms with van der Waals surface area (Å²) >= 11 is 0. The third-order valence-corrected chi connectivity index (χ3v) is 4.51. The number of aromatic nitrogens is 4. The highest BCUT2D eigenvalue weighted by atomic mass is 16.5. The molecule has 3 heterocycles. The Kier molecular flexibility index (Phi) is 4.24. The number of fused-ring (bicyclic) bond motifs is 1. The van der Waals surface area contributed by atoms with Crippen LogP contribution in [0.5, 0.6) is 5.75 Å². The van der Waals surface area contributed by atoms with Crippen LogP contribution < -0.4 is 26.8 Å². The van der Waals surface area contributed by atoms with Gasteiger partial charge in [-0.2, -0.15) is 4.98 Å². The first kappa shape index (κ1) is 17.0. The van der Waals surface area contributed by atoms with Crippen molar-refractivity contribution in [2.45, 2.75) is 12.5 Å². The average Bonchev–Trinajstić information content (AvgIpc) is 3.28. The van der Waals surface area contributed by atoms with Crippen LogP contribution in [0, 0.1) is 5.41 Å². The van der Waals surface area contributed by atoms with Crippen molar-refractivity contribution >= 4 is 22.9 Å². The molecule has 2 aromatic heterocycles. The molecule has 1 saturated heterocycles. The number of nitrogens with one attached hydrogen (secondary N) is 4. The van der Waals surface area contributed by atoms with E-state index in [2.05, 4.69) is 25.6 Å². The van der Waals surface area contributed by atoms with E-state index < -0.39 is 5.69 Å². The van der Waals surface area contributed by atoms with Crippen LogP contribution in [0.1, 0.15) is 12.1 Å². The quantitative estimate of drug-likeness (QED) is 0.319. The van der Waals surface area contributed by atoms with Gasteiger partial charge >= 0.3 is 5.69 Å². The molecule has 1 atom stereocenters. The molecular formula is C17H20N8O2. The Hall–Kier alpha value is -3.40. The molecule has 3 aromatic rings. The van der Waals surface area contributed by atoms with Crippen molar-refractivity contribution in [2.24, 2.45) is 5.73 Å². The Bertz CT molecular complexity index is 1060. The molecule has 6 N–H and O–H groups in total. The van der Waals surface area contributed by atoms with E-state index in [-0.39, 0.29) is 17.6 Å². The number of anilines is 1. The average molecular weight is 368 g/mol. The summed E-state index contributed by atoms with van der Waals surface area (Å²) in [6.45, 7) is 1.71. The molecule has 1 aliphatic heterocycles. The number of aromatic amines is 1. The van der Waals surface area contributed by atoms with Gasteiger partial charge in [0.2, 0.25) is 5.95 Å². The Balaban J connectivity index is 1.94. The van der Waals surface area contributed by atoms with Crippen LogP contribution in [0.4, 0.5) is 5.95 Å². The van der Waals surface area contributed by atoms with Crippen molar-refractivity contribution in [3.63, 3.8) is 0 Å². The summed E-state index contributed by atoms with van der Waals surface area (Å²) in [4.78, 5) is 24.3. The van der Waals surface area contributed by atoms with Crippen molar-refractivity contribution in [1.82, 2.24) is 24.8 Å². The van der Waals surface area contributed by atoms with Crippen LogP contribution in [0.2, 0.25) is 0 Å². The molecule has 0 spiro atoms. The lowest BCUT2D eigenvalue weighted by atomic mass is 10.2. The van der Waals surface area contributed by atoms with E-state index in [1.165, 1.54) is 11.7 Å². The van der Waals surface area contributed by atoms with Gasteiger partial charge in [0.15, 0.2) is 5.65 Å². The van der Waals surface area contributed by atoms with E-state index in [4.69, 9.17) is 15.9 Å². The second-order valence-corrected chi connectivity index (χ2v) is 6.28. The lowest BCUT2D eigenvalue weighted by Crippen LogP contribution is -2.25. The summed E-state index contributed by atoms with van der Waals surface area (Å²) in [7, 11) is 1.54. The van der Waals surface area contributed by atoms with Gasteiger partial charge in [0, 0.05) is 12.6 Å². The molecule has 0 aliphatic carbocycles. The van der Waals surface area contributed by atoms with Crippen LogP contribution >= 0.6 is 0 Å². The normalized spacial score (nSPS) is 16.6. The van der Waals surface area contributed by atoms with Gasteiger partial charge in [0.05, 0.1) is 12.8 Å². The summed E-state index contributed by atoms with van der Waals surface area (Å²) in [5.41, 5.74) is 6.66. The van der Waals surface area contributed by atoms with Gasteiger partial charge in [-0.1, -0.05) is 12.1 Å². The molecule has 1 aliphatic rings. The Labute approximate surface area is 154 Å². The van der Waals surface area contributed by atoms with Crippen molar-refractivity contribution in [2.75, 3.05) is 25.5 Å². The number of nitrogens with zero attached hydrogens (tertiary/aromatic N) is 3. The first-order valence-electron chi connectivity index (χ1n) is 8.56. The van der Waals surface area contributed by atoms with E-state index in [9.17, 15) is 4.79 Å². The standard InChI is InChI=1S/C17H20N8O2/c1-27-11-5-3-2-4-10(11)25-15-13(23-17(25)26)12(14(18)19)22-16(24-15)21-9-6-7-20-8-9/h2-5,9,20H,6-8H2,1H3,(H3,18,19)(H,23,26)(H,21,22,24)/t9-/m1/s1. The van der Waals surface area contributed by atoms with Gasteiger partial charge < -0.3 is 26.1 Å². The van der Waals surface area contributed by atoms with E-state index in [0.29, 0.717) is 28.5 Å². The Morgan fingerprint density at radius 3 is 2.93 bits per heavy atom. The topological polar surface area (TPSA) is 147 Å². The van der Waals surface area contributed by atoms with Gasteiger partial charge in [-0.3, -0.25) is 5.41 Å². The molecule has 140 valence electrons. The highest BCUT2D eigenvalue weighted by molar-refractivity contribution is 6.03. The highest BCUT2D eigenvalue weighted by Crippen LogP contribution is 2.25. The summed E-state index contributed by atoms with van der Waals surface area (Å²) in [6.07, 6.45) is 0.934. The van der Waals surface area contributed by atoms with Gasteiger partial charge in [0.25, 0.3) is 0 Å². The predicted molar refractivity (Wildman–Crippen MR) is 102 cm³/mol. The second-order valence-electron chi connectivity index (χ2n) is 6.28. The number of benzene rings is 1. The summed E-state index contributed by atoms with van der Waals surface area (Å²) < 4.78 is 6.78. The van der Waals surface area contributed by atoms with E-state index in [1.54, 1.807) is 18.2 Å². The SMILES string of the molecule is COc1ccccc1-n1c(=O)[nH]c2c(C(=N)N)nc(N[C@@H]3CCNC3)nc21.